The second kappa shape index (κ2) is 121. The maximum absolute atomic E-state index is 13.4. The Bertz CT molecular complexity index is 4080. The Morgan fingerprint density at radius 1 is 0.255 bits per heavy atom. The zero-order valence-corrected chi connectivity index (χ0v) is 99.2. The van der Waals surface area contributed by atoms with Crippen molar-refractivity contribution in [1.82, 2.24) is 0 Å². The molecular weight excluding hydrogens is 2150 g/mol. The van der Waals surface area contributed by atoms with Crippen LogP contribution in [0.3, 0.4) is 0 Å². The van der Waals surface area contributed by atoms with Crippen molar-refractivity contribution in [3.05, 3.63) is 179 Å². The molecule has 0 atom stereocenters. The average molecular weight is 2310 g/mol. The predicted molar refractivity (Wildman–Crippen MR) is 566 cm³/mol. The molecule has 0 aromatic heterocycles. The fourth-order valence-electron chi connectivity index (χ4n) is 7.28. The molecule has 0 amide bonds. The zero-order chi connectivity index (χ0) is 119. The van der Waals surface area contributed by atoms with E-state index in [-0.39, 0.29) is 62.7 Å². The monoisotopic (exact) mass is 2300 g/mol. The van der Waals surface area contributed by atoms with Gasteiger partial charge >= 0.3 is 74.5 Å². The van der Waals surface area contributed by atoms with Crippen LogP contribution in [0.15, 0.2) is 146 Å². The molecule has 0 unspecified atom stereocenters. The first-order valence-electron chi connectivity index (χ1n) is 40.3. The van der Waals surface area contributed by atoms with Crippen LogP contribution in [0, 0.1) is 35.5 Å². The third kappa shape index (κ3) is 99.1. The molecule has 834 valence electrons. The van der Waals surface area contributed by atoms with Crippen LogP contribution in [0.5, 0.6) is 17.2 Å². The lowest BCUT2D eigenvalue weighted by molar-refractivity contribution is -0.0987. The first-order valence-corrected chi connectivity index (χ1v) is 54.9. The highest BCUT2D eigenvalue weighted by Crippen LogP contribution is 2.55. The Morgan fingerprint density at radius 3 is 0.759 bits per heavy atom. The molecule has 0 saturated heterocycles. The zero-order valence-electron chi connectivity index (χ0n) is 88.4. The molecule has 6 aromatic carbocycles. The number of para-hydroxylation sites is 3. The van der Waals surface area contributed by atoms with Gasteiger partial charge in [0.1, 0.15) is 92.5 Å². The van der Waals surface area contributed by atoms with Gasteiger partial charge < -0.3 is 116 Å². The number of phosphoric ester groups is 1. The van der Waals surface area contributed by atoms with Crippen LogP contribution in [0.4, 0.5) is 17.6 Å². The molecule has 0 N–H and O–H groups in total. The number of carbonyl (C=O) groups excluding carboxylic acids is 12. The Morgan fingerprint density at radius 2 is 0.469 bits per heavy atom. The van der Waals surface area contributed by atoms with Crippen molar-refractivity contribution in [2.45, 2.75) is 161 Å². The summed E-state index contributed by atoms with van der Waals surface area (Å²) in [5.74, 6) is 5.51. The SMILES string of the molecule is C=O.C=O.C=O.C=O.C=O.C=O.C=O.C=O.C=O.C=O.C=O.C=O.CC(C)C.CC(C)C.CC(C)C.CC(C)C.CC(C)C.CC(C)C.COP(=O)(Cc1ccccc1C(F)(F)P=O)OC.COP(=O)(Cc1ccccc1CP=O)OC.COP(=O)(OC)Oc1ccccc1OP=O.COP(=O)(OC)c1ccccc1C(F)(F)P=O.COP(=O)(OC)c1ccccc1CP=O.COP(=O)(OC)c1ccccc1OP=O. The summed E-state index contributed by atoms with van der Waals surface area (Å²) in [6.07, 6.45) is 0.601. The van der Waals surface area contributed by atoms with Gasteiger partial charge in [0.25, 0.3) is 0 Å². The Hall–Kier alpha value is -8.02. The first kappa shape index (κ1) is 179. The van der Waals surface area contributed by atoms with E-state index in [0.717, 1.165) is 73.0 Å². The molecule has 0 radical (unpaired) electrons. The molecule has 0 heterocycles. The third-order valence-corrected chi connectivity index (χ3v) is 25.5. The van der Waals surface area contributed by atoms with Crippen LogP contribution in [0.2, 0.25) is 0 Å². The van der Waals surface area contributed by atoms with Crippen LogP contribution in [-0.2, 0) is 203 Å². The molecular formula is C90H152F4O39P12. The second-order valence-corrected chi connectivity index (χ2v) is 44.1. The highest BCUT2D eigenvalue weighted by molar-refractivity contribution is 7.63. The quantitative estimate of drug-likeness (QED) is 0.0273. The number of alkyl halides is 4. The second-order valence-electron chi connectivity index (χ2n) is 27.8. The summed E-state index contributed by atoms with van der Waals surface area (Å²) < 4.78 is 260. The van der Waals surface area contributed by atoms with E-state index in [0.29, 0.717) is 23.2 Å². The molecule has 0 aliphatic heterocycles. The normalized spacial score (nSPS) is 9.93. The van der Waals surface area contributed by atoms with E-state index < -0.39 is 103 Å². The highest BCUT2D eigenvalue weighted by atomic mass is 31.2. The summed E-state index contributed by atoms with van der Waals surface area (Å²) in [6.45, 7) is 63.0. The Kier molecular flexibility index (Phi) is 150. The summed E-state index contributed by atoms with van der Waals surface area (Å²) in [7, 11) is -9.44. The fourth-order valence-corrected chi connectivity index (χ4v) is 16.3. The molecule has 39 nitrogen and oxygen atoms in total. The largest absolute Gasteiger partial charge is 0.529 e. The van der Waals surface area contributed by atoms with Crippen molar-refractivity contribution in [2.75, 3.05) is 85.3 Å². The summed E-state index contributed by atoms with van der Waals surface area (Å²) in [5, 5.41) is 0.426. The number of rotatable bonds is 33. The van der Waals surface area contributed by atoms with E-state index in [1.807, 2.05) is 106 Å². The van der Waals surface area contributed by atoms with Crippen LogP contribution >= 0.6 is 97.0 Å². The maximum Gasteiger partial charge on any atom is 0.529 e. The molecule has 0 saturated carbocycles. The minimum atomic E-state index is -3.80. The van der Waals surface area contributed by atoms with E-state index in [4.69, 9.17) is 107 Å². The van der Waals surface area contributed by atoms with Gasteiger partial charge in [-0.05, 0) is 94.2 Å². The van der Waals surface area contributed by atoms with Gasteiger partial charge in [-0.2, -0.15) is 17.6 Å². The summed E-state index contributed by atoms with van der Waals surface area (Å²) in [5.41, 5.74) is -5.71. The summed E-state index contributed by atoms with van der Waals surface area (Å²) >= 11 is 0. The van der Waals surface area contributed by atoms with Gasteiger partial charge in [-0.3, -0.25) is 50.1 Å². The van der Waals surface area contributed by atoms with Crippen molar-refractivity contribution >= 4 is 194 Å². The van der Waals surface area contributed by atoms with E-state index in [2.05, 4.69) is 143 Å². The van der Waals surface area contributed by atoms with Gasteiger partial charge in [-0.1, -0.05) is 234 Å². The lowest BCUT2D eigenvalue weighted by Gasteiger charge is -2.19. The molecule has 0 fully saturated rings. The van der Waals surface area contributed by atoms with Gasteiger partial charge in [0.05, 0.1) is 35.3 Å². The van der Waals surface area contributed by atoms with Gasteiger partial charge in [-0.25, -0.2) is 13.7 Å². The number of hydrogen-bond donors (Lipinski definition) is 0. The van der Waals surface area contributed by atoms with E-state index in [1.165, 1.54) is 132 Å². The number of phosphoric acid groups is 1. The van der Waals surface area contributed by atoms with E-state index in [9.17, 15) is 72.3 Å². The van der Waals surface area contributed by atoms with Gasteiger partial charge in [0, 0.05) is 96.4 Å². The lowest BCUT2D eigenvalue weighted by atomic mass is 10.1. The van der Waals surface area contributed by atoms with E-state index in [1.54, 1.807) is 48.5 Å². The minimum absolute atomic E-state index is 0.0225. The topological polar surface area (TPSA) is 548 Å². The van der Waals surface area contributed by atoms with Gasteiger partial charge in [0.2, 0.25) is 16.9 Å². The van der Waals surface area contributed by atoms with Crippen molar-refractivity contribution in [2.24, 2.45) is 35.5 Å². The molecule has 6 aromatic rings. The predicted octanol–water partition coefficient (Wildman–Crippen LogP) is 26.4. The molecule has 0 aliphatic rings. The standard InChI is InChI=1S/C10H12F2O4P2.C10H14O4P2.C9H10F2O4P2.C9H12O4P2.C8H10O6P2.C8H10O5P2.6C4H10.12CH2O/c1-15-18(14,16-2)7-8-5-3-4-6-9(8)10(11,12)17-13;1-13-16(12,14-2)8-10-6-4-3-5-9(10)7-15-11;1-14-17(13,15-2)8-6-4-3-5-7(8)9(10,11)16-12;1-12-15(11,13-2)9-6-4-3-5-8(9)7-14-10;1-11-16(10,12-2)14-8-6-4-3-5-7(8)13-15-9;1-11-15(10,12-2)8-6-4-3-5-7(8)13-14-9;6*1-4(2)3;12*1-2/h3-6H,7H2,1-2H3;3-6H,7-8H2,1-2H3;3-6H,1-2H3;3-6H,7H2,1-2H3;3-6H,1-2H3;3-6H,1-2H3;6*4H,1-3H3;12*1H2. The number of halogens is 4. The summed E-state index contributed by atoms with van der Waals surface area (Å²) in [4.78, 5) is 96.0. The summed E-state index contributed by atoms with van der Waals surface area (Å²) in [6, 6.07) is 37.4. The van der Waals surface area contributed by atoms with Crippen LogP contribution < -0.4 is 29.5 Å². The lowest BCUT2D eigenvalue weighted by Crippen LogP contribution is -2.20. The Balaban J connectivity index is -0.0000000766. The van der Waals surface area contributed by atoms with Crippen LogP contribution in [0.25, 0.3) is 0 Å². The Labute approximate surface area is 865 Å². The van der Waals surface area contributed by atoms with Crippen molar-refractivity contribution in [3.8, 4) is 17.2 Å². The van der Waals surface area contributed by atoms with Crippen molar-refractivity contribution in [3.63, 3.8) is 0 Å². The average Bonchev–Trinajstić information content (AvgIpc) is 0.785. The third-order valence-electron chi connectivity index (χ3n) is 12.2. The van der Waals surface area contributed by atoms with Crippen molar-refractivity contribution in [1.29, 1.82) is 0 Å². The maximum atomic E-state index is 13.4. The van der Waals surface area contributed by atoms with E-state index >= 15 is 0 Å². The number of carbonyl (C=O) groups is 12. The van der Waals surface area contributed by atoms with Crippen molar-refractivity contribution < 1.29 is 198 Å². The van der Waals surface area contributed by atoms with Gasteiger partial charge in [-0.15, -0.1) is 0 Å². The molecule has 145 heavy (non-hydrogen) atoms. The molecule has 6 rings (SSSR count). The van der Waals surface area contributed by atoms with Gasteiger partial charge in [0.15, 0.2) is 28.4 Å². The number of benzene rings is 6. The smallest absolute Gasteiger partial charge is 0.407 e. The number of hydrogen-bond acceptors (Lipinski definition) is 39. The van der Waals surface area contributed by atoms with Crippen LogP contribution in [-0.4, -0.2) is 167 Å². The first-order chi connectivity index (χ1) is 68.3. The van der Waals surface area contributed by atoms with Crippen LogP contribution in [0.1, 0.15) is 158 Å². The fraction of sp³-hybridized carbons (Fsp3) is 0.467. The minimum Gasteiger partial charge on any atom is -0.407 e. The molecule has 0 aliphatic carbocycles. The highest BCUT2D eigenvalue weighted by Gasteiger charge is 2.41. The molecule has 0 spiro atoms. The molecule has 55 heteroatoms. The molecule has 0 bridgehead atoms.